The van der Waals surface area contributed by atoms with E-state index in [1.807, 2.05) is 10.8 Å². The van der Waals surface area contributed by atoms with Gasteiger partial charge in [0.1, 0.15) is 38.0 Å². The zero-order chi connectivity index (χ0) is 60.3. The number of terminal acetylenes is 1. The second-order valence-corrected chi connectivity index (χ2v) is 21.0. The van der Waals surface area contributed by atoms with Crippen molar-refractivity contribution >= 4 is 87.1 Å². The van der Waals surface area contributed by atoms with Crippen molar-refractivity contribution in [2.24, 2.45) is 0 Å². The van der Waals surface area contributed by atoms with Crippen LogP contribution in [-0.2, 0) is 54.2 Å². The number of rotatable bonds is 16. The van der Waals surface area contributed by atoms with E-state index in [2.05, 4.69) is 30.9 Å². The minimum Gasteiger partial charge on any atom is -0.870 e. The van der Waals surface area contributed by atoms with Crippen LogP contribution in [0, 0.1) is 18.2 Å². The number of hydrogen-bond acceptors (Lipinski definition) is 13. The van der Waals surface area contributed by atoms with Crippen molar-refractivity contribution in [2.75, 3.05) is 18.1 Å². The van der Waals surface area contributed by atoms with Crippen molar-refractivity contribution in [1.29, 1.82) is 0 Å². The Morgan fingerprint density at radius 2 is 0.988 bits per heavy atom. The SMILES string of the molecule is C#Cc1cc(CNC(=O)/C=C/c2ccc(C(F)(F)F)nc2Sc2ccccc2)cc(F)c1NS(C)(=O)=O.COC(=O)/C=C/c1ccc(C(F)(F)F)nc1Sc1ccccc1.O=C(O)/C=C/c1ccc(C(F)(F)F)nc1Sc1ccccc1.[Li+].[OH-]. The van der Waals surface area contributed by atoms with Crippen LogP contribution in [-0.4, -0.2) is 65.2 Å². The van der Waals surface area contributed by atoms with Crippen molar-refractivity contribution in [3.05, 3.63) is 208 Å². The summed E-state index contributed by atoms with van der Waals surface area (Å²) in [5.74, 6) is -1.12. The van der Waals surface area contributed by atoms with Gasteiger partial charge in [-0.2, -0.15) is 39.5 Å². The maximum absolute atomic E-state index is 14.4. The first-order valence-electron chi connectivity index (χ1n) is 22.9. The van der Waals surface area contributed by atoms with Gasteiger partial charge in [-0.05, 0) is 90.5 Å². The third-order valence-electron chi connectivity index (χ3n) is 9.89. The van der Waals surface area contributed by atoms with Gasteiger partial charge in [-0.1, -0.05) is 114 Å². The van der Waals surface area contributed by atoms with Gasteiger partial charge in [-0.3, -0.25) is 9.52 Å². The van der Waals surface area contributed by atoms with Gasteiger partial charge in [0.15, 0.2) is 0 Å². The fraction of sp³-hybridized carbons (Fsp3) is 0.107. The Labute approximate surface area is 499 Å². The molecule has 3 aromatic heterocycles. The molecule has 0 aliphatic rings. The first kappa shape index (κ1) is 70.4. The standard InChI is InChI=1S/C25H19F4N3O3S2.C16H12F3NO2S.C15H10F3NO2S.Li.H2O/c1-3-17-13-16(14-20(26)23(17)32-37(2,34)35)15-30-22(33)12-10-18-9-11-21(25(27,28)29)31-24(18)36-19-7-5-4-6-8-19;1-22-14(21)10-8-11-7-9-13(16(17,18)19)20-15(11)23-12-5-3-2-4-6-12;16-15(17,18)12-8-6-10(7-9-13(20)21)14(19-12)22-11-4-2-1-3-5-11;;/h1,4-14,32H,15H2,2H3,(H,30,33);2-10H,1H3;1-9H,(H,20,21);;1H2/q;;;+1;/p-1/b12-10+;10-8+;9-7+;;. The predicted molar refractivity (Wildman–Crippen MR) is 293 cm³/mol. The van der Waals surface area contributed by atoms with Gasteiger partial charge in [0, 0.05) is 56.1 Å². The zero-order valence-electron chi connectivity index (χ0n) is 43.6. The van der Waals surface area contributed by atoms with E-state index < -0.39 is 69.3 Å². The summed E-state index contributed by atoms with van der Waals surface area (Å²) in [5, 5.41) is 11.5. The first-order valence-corrected chi connectivity index (χ1v) is 27.3. The van der Waals surface area contributed by atoms with Crippen LogP contribution in [0.15, 0.2) is 188 Å². The molecule has 434 valence electrons. The number of aliphatic carboxylic acids is 1. The van der Waals surface area contributed by atoms with Crippen LogP contribution in [0.25, 0.3) is 18.2 Å². The Balaban J connectivity index is 0.000000343. The molecular weight excluding hydrogens is 1200 g/mol. The number of hydrogen-bond donors (Lipinski definition) is 3. The number of nitrogens with zero attached hydrogens (tertiary/aromatic N) is 3. The van der Waals surface area contributed by atoms with Crippen molar-refractivity contribution in [1.82, 2.24) is 20.3 Å². The molecule has 3 heterocycles. The topological polar surface area (TPSA) is 208 Å². The Morgan fingerprint density at radius 3 is 1.32 bits per heavy atom. The molecular formula is C56H42F10LiN5O8S4. The van der Waals surface area contributed by atoms with Crippen LogP contribution in [0.1, 0.15) is 44.9 Å². The van der Waals surface area contributed by atoms with Gasteiger partial charge >= 0.3 is 49.3 Å². The molecule has 4 aromatic carbocycles. The van der Waals surface area contributed by atoms with Crippen LogP contribution in [0.5, 0.6) is 0 Å². The molecule has 0 saturated heterocycles. The molecule has 0 unspecified atom stereocenters. The molecule has 13 nitrogen and oxygen atoms in total. The zero-order valence-corrected chi connectivity index (χ0v) is 46.9. The number of sulfonamides is 1. The number of esters is 1. The van der Waals surface area contributed by atoms with E-state index in [9.17, 15) is 66.7 Å². The van der Waals surface area contributed by atoms with Gasteiger partial charge in [-0.25, -0.2) is 37.3 Å². The van der Waals surface area contributed by atoms with E-state index in [0.29, 0.717) is 20.9 Å². The van der Waals surface area contributed by atoms with E-state index in [1.165, 1.54) is 49.6 Å². The maximum atomic E-state index is 14.4. The van der Waals surface area contributed by atoms with Gasteiger partial charge in [-0.15, -0.1) is 6.42 Å². The molecule has 28 heteroatoms. The summed E-state index contributed by atoms with van der Waals surface area (Å²) in [5.41, 5.74) is -2.22. The first-order chi connectivity index (χ1) is 38.6. The number of nitrogens with one attached hydrogen (secondary N) is 2. The third-order valence-corrected chi connectivity index (χ3v) is 13.6. The number of pyridine rings is 3. The Morgan fingerprint density at radius 1 is 0.619 bits per heavy atom. The molecule has 0 saturated carbocycles. The average molecular weight is 1240 g/mol. The number of alkyl halides is 9. The monoisotopic (exact) mass is 1240 g/mol. The quantitative estimate of drug-likeness (QED) is 0.0271. The number of carbonyl (C=O) groups excluding carboxylic acids is 2. The summed E-state index contributed by atoms with van der Waals surface area (Å²) in [6.07, 6.45) is -0.487. The Bertz CT molecular complexity index is 3630. The fourth-order valence-electron chi connectivity index (χ4n) is 6.22. The molecule has 0 spiro atoms. The second kappa shape index (κ2) is 32.3. The summed E-state index contributed by atoms with van der Waals surface area (Å²) < 4.78 is 160. The van der Waals surface area contributed by atoms with Crippen molar-refractivity contribution in [2.45, 2.75) is 54.8 Å². The second-order valence-electron chi connectivity index (χ2n) is 16.1. The average Bonchev–Trinajstić information content (AvgIpc) is 3.59. The van der Waals surface area contributed by atoms with Crippen molar-refractivity contribution < 1.29 is 101 Å². The summed E-state index contributed by atoms with van der Waals surface area (Å²) >= 11 is 3.14. The largest absolute Gasteiger partial charge is 1.00 e. The van der Waals surface area contributed by atoms with Gasteiger partial charge in [0.25, 0.3) is 0 Å². The van der Waals surface area contributed by atoms with E-state index in [1.54, 1.807) is 84.9 Å². The summed E-state index contributed by atoms with van der Waals surface area (Å²) in [6, 6.07) is 34.9. The molecule has 84 heavy (non-hydrogen) atoms. The molecule has 0 fully saturated rings. The van der Waals surface area contributed by atoms with Crippen molar-refractivity contribution in [3.8, 4) is 12.3 Å². The van der Waals surface area contributed by atoms with E-state index >= 15 is 0 Å². The third kappa shape index (κ3) is 23.4. The van der Waals surface area contributed by atoms with Gasteiger partial charge in [0.05, 0.1) is 24.6 Å². The Kier molecular flexibility index (Phi) is 27.1. The fourth-order valence-corrected chi connectivity index (χ4v) is 9.54. The van der Waals surface area contributed by atoms with Crippen LogP contribution in [0.3, 0.4) is 0 Å². The molecule has 7 rings (SSSR count). The molecule has 0 radical (unpaired) electrons. The van der Waals surface area contributed by atoms with Crippen LogP contribution in [0.2, 0.25) is 0 Å². The number of methoxy groups -OCH3 is 1. The number of halogens is 10. The molecule has 0 aliphatic heterocycles. The van der Waals surface area contributed by atoms with Gasteiger partial charge < -0.3 is 20.6 Å². The molecule has 7 aromatic rings. The molecule has 0 aliphatic carbocycles. The minimum absolute atomic E-state index is 0. The van der Waals surface area contributed by atoms with E-state index in [0.717, 1.165) is 88.9 Å². The normalized spacial score (nSPS) is 11.5. The number of anilines is 1. The summed E-state index contributed by atoms with van der Waals surface area (Å²) in [4.78, 5) is 47.2. The maximum Gasteiger partial charge on any atom is 1.00 e. The number of benzene rings is 4. The molecule has 0 bridgehead atoms. The smallest absolute Gasteiger partial charge is 0.870 e. The number of carboxylic acid groups (broad SMARTS) is 1. The van der Waals surface area contributed by atoms with E-state index in [4.69, 9.17) is 11.5 Å². The van der Waals surface area contributed by atoms with Crippen LogP contribution >= 0.6 is 35.3 Å². The molecule has 0 atom stereocenters. The number of carbonyl (C=O) groups is 3. The van der Waals surface area contributed by atoms with Crippen LogP contribution in [0.4, 0.5) is 49.6 Å². The van der Waals surface area contributed by atoms with E-state index in [-0.39, 0.29) is 68.3 Å². The predicted octanol–water partition coefficient (Wildman–Crippen LogP) is 10.7. The number of carboxylic acids is 1. The number of amides is 1. The number of ether oxygens (including phenoxy) is 1. The summed E-state index contributed by atoms with van der Waals surface area (Å²) in [6.45, 7) is -0.148. The molecule has 1 amide bonds. The van der Waals surface area contributed by atoms with Crippen LogP contribution < -0.4 is 28.9 Å². The van der Waals surface area contributed by atoms with Gasteiger partial charge in [0.2, 0.25) is 15.9 Å². The Hall–Kier alpha value is -7.82. The minimum atomic E-state index is -4.63. The summed E-state index contributed by atoms with van der Waals surface area (Å²) in [7, 11) is -2.55. The number of aromatic nitrogens is 3. The molecule has 4 N–H and O–H groups in total. The van der Waals surface area contributed by atoms with Crippen molar-refractivity contribution in [3.63, 3.8) is 0 Å².